The van der Waals surface area contributed by atoms with Crippen LogP contribution in [0, 0.1) is 0 Å². The van der Waals surface area contributed by atoms with Gasteiger partial charge in [0.05, 0.1) is 30.1 Å². The third-order valence-electron chi connectivity index (χ3n) is 4.95. The Morgan fingerprint density at radius 1 is 1.12 bits per heavy atom. The van der Waals surface area contributed by atoms with Crippen molar-refractivity contribution in [2.75, 3.05) is 13.7 Å². The van der Waals surface area contributed by atoms with E-state index in [1.807, 2.05) is 30.3 Å². The van der Waals surface area contributed by atoms with E-state index in [-0.39, 0.29) is 11.3 Å². The van der Waals surface area contributed by atoms with Gasteiger partial charge in [-0.15, -0.1) is 0 Å². The first kappa shape index (κ1) is 23.2. The Balaban J connectivity index is 1.85. The van der Waals surface area contributed by atoms with Gasteiger partial charge in [0.2, 0.25) is 0 Å². The van der Waals surface area contributed by atoms with Crippen molar-refractivity contribution < 1.29 is 23.0 Å². The number of halogens is 2. The third kappa shape index (κ3) is 5.82. The lowest BCUT2D eigenvalue weighted by Gasteiger charge is -2.18. The van der Waals surface area contributed by atoms with Crippen LogP contribution in [0.1, 0.15) is 41.4 Å². The maximum Gasteiger partial charge on any atom is 0.387 e. The van der Waals surface area contributed by atoms with Gasteiger partial charge in [-0.1, -0.05) is 24.3 Å². The molecule has 3 rings (SSSR count). The van der Waals surface area contributed by atoms with Crippen molar-refractivity contribution in [3.8, 4) is 22.8 Å². The molecule has 4 N–H and O–H groups in total. The molecule has 1 amide bonds. The zero-order chi connectivity index (χ0) is 22.9. The lowest BCUT2D eigenvalue weighted by Crippen LogP contribution is -2.29. The number of hydrogen-bond donors (Lipinski definition) is 3. The molecule has 7 nitrogen and oxygen atoms in total. The van der Waals surface area contributed by atoms with E-state index in [9.17, 15) is 13.6 Å². The molecule has 170 valence electrons. The second kappa shape index (κ2) is 11.2. The molecule has 0 aliphatic heterocycles. The number of nitrogens with two attached hydrogens (primary N) is 1. The number of alkyl halides is 2. The topological polar surface area (TPSA) is 102 Å². The molecular formula is C23H26F2N4O3. The number of carbonyl (C=O) groups excluding carboxylic acids is 1. The van der Waals surface area contributed by atoms with Gasteiger partial charge in [0.15, 0.2) is 0 Å². The minimum absolute atomic E-state index is 0.0251. The summed E-state index contributed by atoms with van der Waals surface area (Å²) >= 11 is 0. The number of nitrogens with zero attached hydrogens (tertiary/aromatic N) is 1. The van der Waals surface area contributed by atoms with E-state index < -0.39 is 18.6 Å². The van der Waals surface area contributed by atoms with Gasteiger partial charge in [-0.05, 0) is 56.1 Å². The molecule has 0 spiro atoms. The number of rotatable bonds is 11. The molecule has 3 aromatic rings. The number of aromatic nitrogens is 2. The highest BCUT2D eigenvalue weighted by atomic mass is 19.3. The third-order valence-corrected chi connectivity index (χ3v) is 4.95. The molecule has 1 aromatic heterocycles. The zero-order valence-corrected chi connectivity index (χ0v) is 17.7. The molecule has 0 radical (unpaired) electrons. The van der Waals surface area contributed by atoms with Crippen LogP contribution < -0.4 is 20.5 Å². The summed E-state index contributed by atoms with van der Waals surface area (Å²) in [5, 5.41) is 10.3. The predicted octanol–water partition coefficient (Wildman–Crippen LogP) is 4.29. The number of unbranched alkanes of at least 4 members (excludes halogenated alkanes) is 1. The highest BCUT2D eigenvalue weighted by Crippen LogP contribution is 2.30. The lowest BCUT2D eigenvalue weighted by atomic mass is 10.0. The molecule has 0 saturated heterocycles. The highest BCUT2D eigenvalue weighted by Gasteiger charge is 2.22. The standard InChI is InChI=1S/C23H26F2N4O3/c1-31-20-11-4-2-8-15(20)18-14-19(29-28-18)17(10-6-7-13-26)27-22(30)16-9-3-5-12-21(16)32-23(24)25/h2-5,8-9,11-12,14,17,23H,6-7,10,13,26H2,1H3,(H,27,30)(H,28,29)/t17-/m1/s1. The maximum absolute atomic E-state index is 12.9. The molecular weight excluding hydrogens is 418 g/mol. The average molecular weight is 444 g/mol. The van der Waals surface area contributed by atoms with Gasteiger partial charge in [-0.25, -0.2) is 0 Å². The van der Waals surface area contributed by atoms with E-state index >= 15 is 0 Å². The number of ether oxygens (including phenoxy) is 2. The van der Waals surface area contributed by atoms with Gasteiger partial charge in [-0.2, -0.15) is 13.9 Å². The summed E-state index contributed by atoms with van der Waals surface area (Å²) in [5.41, 5.74) is 7.82. The Morgan fingerprint density at radius 3 is 2.56 bits per heavy atom. The molecule has 0 saturated carbocycles. The molecule has 2 aromatic carbocycles. The van der Waals surface area contributed by atoms with Crippen LogP contribution in [0.25, 0.3) is 11.3 Å². The number of carbonyl (C=O) groups is 1. The van der Waals surface area contributed by atoms with E-state index in [2.05, 4.69) is 20.3 Å². The quantitative estimate of drug-likeness (QED) is 0.383. The van der Waals surface area contributed by atoms with Gasteiger partial charge < -0.3 is 20.5 Å². The number of para-hydroxylation sites is 2. The summed E-state index contributed by atoms with van der Waals surface area (Å²) in [7, 11) is 1.59. The van der Waals surface area contributed by atoms with Crippen molar-refractivity contribution in [1.82, 2.24) is 15.5 Å². The SMILES string of the molecule is COc1ccccc1-c1cc([C@@H](CCCCN)NC(=O)c2ccccc2OC(F)F)n[nH]1. The Hall–Kier alpha value is -3.46. The largest absolute Gasteiger partial charge is 0.496 e. The zero-order valence-electron chi connectivity index (χ0n) is 17.7. The first-order chi connectivity index (χ1) is 15.5. The molecule has 32 heavy (non-hydrogen) atoms. The molecule has 1 heterocycles. The van der Waals surface area contributed by atoms with E-state index in [0.29, 0.717) is 24.4 Å². The van der Waals surface area contributed by atoms with E-state index in [1.54, 1.807) is 13.2 Å². The molecule has 0 bridgehead atoms. The molecule has 0 aliphatic rings. The van der Waals surface area contributed by atoms with Gasteiger partial charge in [0, 0.05) is 5.56 Å². The maximum atomic E-state index is 12.9. The minimum atomic E-state index is -3.03. The number of methoxy groups -OCH3 is 1. The molecule has 0 unspecified atom stereocenters. The minimum Gasteiger partial charge on any atom is -0.496 e. The predicted molar refractivity (Wildman–Crippen MR) is 117 cm³/mol. The van der Waals surface area contributed by atoms with E-state index in [0.717, 1.165) is 24.1 Å². The highest BCUT2D eigenvalue weighted by molar-refractivity contribution is 5.97. The van der Waals surface area contributed by atoms with Crippen molar-refractivity contribution in [2.45, 2.75) is 31.9 Å². The number of benzene rings is 2. The van der Waals surface area contributed by atoms with Crippen LogP contribution in [0.4, 0.5) is 8.78 Å². The fourth-order valence-corrected chi connectivity index (χ4v) is 3.40. The molecule has 0 fully saturated rings. The Bertz CT molecular complexity index is 1030. The van der Waals surface area contributed by atoms with Crippen LogP contribution in [0.15, 0.2) is 54.6 Å². The van der Waals surface area contributed by atoms with Crippen molar-refractivity contribution in [2.24, 2.45) is 5.73 Å². The van der Waals surface area contributed by atoms with Gasteiger partial charge in [0.1, 0.15) is 11.5 Å². The Kier molecular flexibility index (Phi) is 8.15. The smallest absolute Gasteiger partial charge is 0.387 e. The second-order valence-corrected chi connectivity index (χ2v) is 7.09. The van der Waals surface area contributed by atoms with E-state index in [1.165, 1.54) is 18.2 Å². The summed E-state index contributed by atoms with van der Waals surface area (Å²) < 4.78 is 35.4. The fourth-order valence-electron chi connectivity index (χ4n) is 3.40. The second-order valence-electron chi connectivity index (χ2n) is 7.09. The van der Waals surface area contributed by atoms with Crippen molar-refractivity contribution in [3.63, 3.8) is 0 Å². The Morgan fingerprint density at radius 2 is 1.84 bits per heavy atom. The first-order valence-corrected chi connectivity index (χ1v) is 10.3. The first-order valence-electron chi connectivity index (χ1n) is 10.3. The van der Waals surface area contributed by atoms with Crippen molar-refractivity contribution >= 4 is 5.91 Å². The van der Waals surface area contributed by atoms with Gasteiger partial charge in [-0.3, -0.25) is 9.89 Å². The monoisotopic (exact) mass is 444 g/mol. The molecule has 0 aliphatic carbocycles. The number of aromatic amines is 1. The number of amides is 1. The van der Waals surface area contributed by atoms with Gasteiger partial charge in [0.25, 0.3) is 5.91 Å². The van der Waals surface area contributed by atoms with Crippen LogP contribution in [0.3, 0.4) is 0 Å². The normalized spacial score (nSPS) is 11.9. The summed E-state index contributed by atoms with van der Waals surface area (Å²) in [5.74, 6) is -0.0252. The molecule has 9 heteroatoms. The van der Waals surface area contributed by atoms with Gasteiger partial charge >= 0.3 is 6.61 Å². The number of nitrogens with one attached hydrogen (secondary N) is 2. The molecule has 1 atom stereocenters. The van der Waals surface area contributed by atoms with E-state index in [4.69, 9.17) is 10.5 Å². The van der Waals surface area contributed by atoms with Crippen LogP contribution in [-0.4, -0.2) is 36.4 Å². The number of H-pyrrole nitrogens is 1. The van der Waals surface area contributed by atoms with Crippen molar-refractivity contribution in [1.29, 1.82) is 0 Å². The van der Waals surface area contributed by atoms with Crippen LogP contribution in [0.2, 0.25) is 0 Å². The van der Waals surface area contributed by atoms with Crippen LogP contribution in [0.5, 0.6) is 11.5 Å². The summed E-state index contributed by atoms with van der Waals surface area (Å²) in [6.07, 6.45) is 2.12. The fraction of sp³-hybridized carbons (Fsp3) is 0.304. The van der Waals surface area contributed by atoms with Crippen LogP contribution >= 0.6 is 0 Å². The average Bonchev–Trinajstić information content (AvgIpc) is 3.28. The summed E-state index contributed by atoms with van der Waals surface area (Å²) in [6.45, 7) is -2.50. The number of hydrogen-bond acceptors (Lipinski definition) is 5. The lowest BCUT2D eigenvalue weighted by molar-refractivity contribution is -0.0501. The van der Waals surface area contributed by atoms with Crippen LogP contribution in [-0.2, 0) is 0 Å². The van der Waals surface area contributed by atoms with Crippen molar-refractivity contribution in [3.05, 3.63) is 65.9 Å². The Labute approximate surface area is 184 Å². The summed E-state index contributed by atoms with van der Waals surface area (Å²) in [6, 6.07) is 14.8. The summed E-state index contributed by atoms with van der Waals surface area (Å²) in [4.78, 5) is 12.9.